The van der Waals surface area contributed by atoms with Crippen molar-refractivity contribution in [2.75, 3.05) is 19.7 Å². The highest BCUT2D eigenvalue weighted by Gasteiger charge is 2.31. The zero-order valence-corrected chi connectivity index (χ0v) is 17.3. The number of rotatable bonds is 6. The van der Waals surface area contributed by atoms with Crippen LogP contribution in [0, 0.1) is 11.7 Å². The van der Waals surface area contributed by atoms with Crippen LogP contribution in [0.3, 0.4) is 0 Å². The van der Waals surface area contributed by atoms with Crippen LogP contribution < -0.4 is 4.74 Å². The van der Waals surface area contributed by atoms with E-state index in [1.165, 1.54) is 6.07 Å². The smallest absolute Gasteiger partial charge is 0.165 e. The van der Waals surface area contributed by atoms with Crippen molar-refractivity contribution in [2.24, 2.45) is 5.92 Å². The van der Waals surface area contributed by atoms with Crippen molar-refractivity contribution in [3.63, 3.8) is 0 Å². The SMILES string of the molecule is CCCN(CCC)[C@H]1COc2c(F)ccc(C3=C(C)C=CC(=C=O)C3C)c2C1. The maximum atomic E-state index is 14.5. The van der Waals surface area contributed by atoms with Crippen LogP contribution in [0.5, 0.6) is 5.75 Å². The van der Waals surface area contributed by atoms with Gasteiger partial charge in [0.1, 0.15) is 12.5 Å². The normalized spacial score (nSPS) is 21.6. The van der Waals surface area contributed by atoms with Gasteiger partial charge in [-0.25, -0.2) is 9.18 Å². The second-order valence-electron chi connectivity index (χ2n) is 7.82. The average molecular weight is 384 g/mol. The van der Waals surface area contributed by atoms with E-state index in [0.717, 1.165) is 54.6 Å². The van der Waals surface area contributed by atoms with Crippen LogP contribution in [-0.2, 0) is 11.2 Å². The lowest BCUT2D eigenvalue weighted by Gasteiger charge is -2.36. The van der Waals surface area contributed by atoms with Crippen LogP contribution in [0.15, 0.2) is 35.4 Å². The lowest BCUT2D eigenvalue weighted by Crippen LogP contribution is -2.44. The Morgan fingerprint density at radius 2 is 1.93 bits per heavy atom. The Morgan fingerprint density at radius 3 is 2.57 bits per heavy atom. The van der Waals surface area contributed by atoms with Gasteiger partial charge in [0.25, 0.3) is 0 Å². The molecule has 0 radical (unpaired) electrons. The molecule has 1 heterocycles. The molecule has 3 rings (SSSR count). The van der Waals surface area contributed by atoms with Crippen LogP contribution in [0.1, 0.15) is 51.7 Å². The molecular weight excluding hydrogens is 353 g/mol. The summed E-state index contributed by atoms with van der Waals surface area (Å²) in [7, 11) is 0. The zero-order valence-electron chi connectivity index (χ0n) is 17.3. The molecule has 3 nitrogen and oxygen atoms in total. The van der Waals surface area contributed by atoms with Crippen molar-refractivity contribution in [3.05, 3.63) is 52.4 Å². The van der Waals surface area contributed by atoms with Gasteiger partial charge in [-0.15, -0.1) is 0 Å². The molecule has 1 unspecified atom stereocenters. The number of nitrogens with zero attached hydrogens (tertiary/aromatic N) is 1. The number of halogens is 1. The Bertz CT molecular complexity index is 842. The molecule has 1 aromatic carbocycles. The van der Waals surface area contributed by atoms with Gasteiger partial charge in [0.05, 0.1) is 0 Å². The van der Waals surface area contributed by atoms with Gasteiger partial charge in [0.2, 0.25) is 0 Å². The predicted octanol–water partition coefficient (Wildman–Crippen LogP) is 4.99. The van der Waals surface area contributed by atoms with Crippen LogP contribution in [0.2, 0.25) is 0 Å². The quantitative estimate of drug-likeness (QED) is 0.648. The molecule has 4 heteroatoms. The van der Waals surface area contributed by atoms with Gasteiger partial charge in [0.15, 0.2) is 11.6 Å². The van der Waals surface area contributed by atoms with E-state index in [9.17, 15) is 9.18 Å². The van der Waals surface area contributed by atoms with Crippen molar-refractivity contribution < 1.29 is 13.9 Å². The molecule has 0 amide bonds. The Kier molecular flexibility index (Phi) is 6.53. The van der Waals surface area contributed by atoms with E-state index in [4.69, 9.17) is 4.74 Å². The maximum absolute atomic E-state index is 14.5. The summed E-state index contributed by atoms with van der Waals surface area (Å²) in [5.74, 6) is 2.06. The van der Waals surface area contributed by atoms with Gasteiger partial charge in [0, 0.05) is 23.1 Å². The average Bonchev–Trinajstić information content (AvgIpc) is 2.69. The van der Waals surface area contributed by atoms with Crippen LogP contribution >= 0.6 is 0 Å². The van der Waals surface area contributed by atoms with Crippen LogP contribution in [0.25, 0.3) is 5.57 Å². The molecule has 0 bridgehead atoms. The van der Waals surface area contributed by atoms with E-state index in [-0.39, 0.29) is 17.8 Å². The molecule has 1 aliphatic carbocycles. The highest BCUT2D eigenvalue weighted by Crippen LogP contribution is 2.42. The first-order valence-corrected chi connectivity index (χ1v) is 10.3. The number of ether oxygens (including phenoxy) is 1. The number of hydrogen-bond acceptors (Lipinski definition) is 3. The Hall–Kier alpha value is -2.16. The van der Waals surface area contributed by atoms with Gasteiger partial charge in [-0.05, 0) is 68.1 Å². The van der Waals surface area contributed by atoms with E-state index >= 15 is 0 Å². The topological polar surface area (TPSA) is 29.5 Å². The van der Waals surface area contributed by atoms with Gasteiger partial charge in [-0.3, -0.25) is 4.90 Å². The summed E-state index contributed by atoms with van der Waals surface area (Å²) in [5.41, 5.74) is 4.72. The summed E-state index contributed by atoms with van der Waals surface area (Å²) in [6.45, 7) is 11.0. The van der Waals surface area contributed by atoms with E-state index in [0.29, 0.717) is 17.9 Å². The summed E-state index contributed by atoms with van der Waals surface area (Å²) in [4.78, 5) is 13.8. The maximum Gasteiger partial charge on any atom is 0.165 e. The van der Waals surface area contributed by atoms with E-state index in [1.54, 1.807) is 0 Å². The summed E-state index contributed by atoms with van der Waals surface area (Å²) in [5, 5.41) is 0. The van der Waals surface area contributed by atoms with Crippen molar-refractivity contribution in [1.29, 1.82) is 0 Å². The molecule has 1 aromatic rings. The van der Waals surface area contributed by atoms with Crippen molar-refractivity contribution in [1.82, 2.24) is 4.90 Å². The number of allylic oxidation sites excluding steroid dienone is 5. The summed E-state index contributed by atoms with van der Waals surface area (Å²) < 4.78 is 20.5. The third-order valence-corrected chi connectivity index (χ3v) is 5.86. The van der Waals surface area contributed by atoms with Crippen LogP contribution in [0.4, 0.5) is 4.39 Å². The molecule has 0 saturated heterocycles. The monoisotopic (exact) mass is 383 g/mol. The zero-order chi connectivity index (χ0) is 20.3. The summed E-state index contributed by atoms with van der Waals surface area (Å²) in [6, 6.07) is 3.57. The molecule has 28 heavy (non-hydrogen) atoms. The highest BCUT2D eigenvalue weighted by atomic mass is 19.1. The molecule has 2 aliphatic rings. The fraction of sp³-hybridized carbons (Fsp3) is 0.500. The van der Waals surface area contributed by atoms with Gasteiger partial charge in [-0.2, -0.15) is 0 Å². The molecule has 1 aliphatic heterocycles. The fourth-order valence-corrected chi connectivity index (χ4v) is 4.48. The standard InChI is InChI=1S/C24H30FNO2/c1-5-11-26(12-6-2)19-13-21-20(9-10-22(25)24(21)28-15-19)23-16(3)7-8-18(14-27)17(23)4/h7-10,17,19H,5-6,11-13,15H2,1-4H3/t17?,19-/m1/s1. The van der Waals surface area contributed by atoms with Crippen LogP contribution in [-0.4, -0.2) is 36.6 Å². The fourth-order valence-electron chi connectivity index (χ4n) is 4.48. The first kappa shape index (κ1) is 20.6. The van der Waals surface area contributed by atoms with E-state index in [2.05, 4.69) is 24.7 Å². The minimum absolute atomic E-state index is 0.0696. The van der Waals surface area contributed by atoms with Crippen molar-refractivity contribution >= 4 is 11.5 Å². The Morgan fingerprint density at radius 1 is 1.21 bits per heavy atom. The lowest BCUT2D eigenvalue weighted by atomic mass is 9.79. The number of benzene rings is 1. The summed E-state index contributed by atoms with van der Waals surface area (Å²) in [6.07, 6.45) is 6.70. The molecule has 0 N–H and O–H groups in total. The van der Waals surface area contributed by atoms with E-state index < -0.39 is 0 Å². The largest absolute Gasteiger partial charge is 0.489 e. The molecule has 0 fully saturated rings. The second-order valence-corrected chi connectivity index (χ2v) is 7.82. The van der Waals surface area contributed by atoms with Gasteiger partial charge in [-0.1, -0.05) is 32.9 Å². The first-order chi connectivity index (χ1) is 13.5. The Balaban J connectivity index is 2.05. The number of carbonyl (C=O) groups excluding carboxylic acids is 1. The Labute approximate surface area is 167 Å². The first-order valence-electron chi connectivity index (χ1n) is 10.3. The van der Waals surface area contributed by atoms with Gasteiger partial charge >= 0.3 is 0 Å². The molecule has 150 valence electrons. The summed E-state index contributed by atoms with van der Waals surface area (Å²) >= 11 is 0. The molecule has 0 aromatic heterocycles. The number of hydrogen-bond donors (Lipinski definition) is 0. The minimum Gasteiger partial charge on any atom is -0.489 e. The highest BCUT2D eigenvalue weighted by molar-refractivity contribution is 5.82. The lowest BCUT2D eigenvalue weighted by molar-refractivity contribution is 0.115. The molecule has 0 saturated carbocycles. The van der Waals surface area contributed by atoms with Crippen molar-refractivity contribution in [2.45, 2.75) is 53.0 Å². The third-order valence-electron chi connectivity index (χ3n) is 5.86. The second kappa shape index (κ2) is 8.89. The number of fused-ring (bicyclic) bond motifs is 1. The molecular formula is C24H30FNO2. The van der Waals surface area contributed by atoms with Gasteiger partial charge < -0.3 is 4.74 Å². The minimum atomic E-state index is -0.307. The molecule has 0 spiro atoms. The third kappa shape index (κ3) is 3.85. The van der Waals surface area contributed by atoms with E-state index in [1.807, 2.05) is 32.1 Å². The molecule has 2 atom stereocenters. The predicted molar refractivity (Wildman–Crippen MR) is 112 cm³/mol. The van der Waals surface area contributed by atoms with Crippen molar-refractivity contribution in [3.8, 4) is 5.75 Å².